The van der Waals surface area contributed by atoms with Crippen molar-refractivity contribution in [3.05, 3.63) is 24.3 Å². The van der Waals surface area contributed by atoms with E-state index in [4.69, 9.17) is 4.74 Å². The second-order valence-corrected chi connectivity index (χ2v) is 4.22. The normalized spacial score (nSPS) is 27.6. The zero-order valence-corrected chi connectivity index (χ0v) is 9.00. The summed E-state index contributed by atoms with van der Waals surface area (Å²) in [4.78, 5) is 25.1. The SMILES string of the molecule is O=C1C2CCC(O2)C(=O)N1c1cccc(O)c1. The first-order valence-corrected chi connectivity index (χ1v) is 5.49. The number of nitrogens with zero attached hydrogens (tertiary/aromatic N) is 1. The van der Waals surface area contributed by atoms with Crippen molar-refractivity contribution in [3.8, 4) is 5.75 Å². The quantitative estimate of drug-likeness (QED) is 0.729. The molecule has 17 heavy (non-hydrogen) atoms. The number of morpholine rings is 1. The molecule has 3 rings (SSSR count). The van der Waals surface area contributed by atoms with Crippen molar-refractivity contribution in [2.75, 3.05) is 4.90 Å². The number of anilines is 1. The highest BCUT2D eigenvalue weighted by Gasteiger charge is 2.47. The molecule has 2 amide bonds. The lowest BCUT2D eigenvalue weighted by Crippen LogP contribution is -2.51. The number of phenolic OH excluding ortho intramolecular Hbond substituents is 1. The van der Waals surface area contributed by atoms with Crippen LogP contribution in [-0.2, 0) is 14.3 Å². The summed E-state index contributed by atoms with van der Waals surface area (Å²) in [5.41, 5.74) is 0.403. The number of fused-ring (bicyclic) bond motifs is 2. The minimum Gasteiger partial charge on any atom is -0.508 e. The Balaban J connectivity index is 2.02. The molecule has 2 aliphatic rings. The van der Waals surface area contributed by atoms with Crippen LogP contribution >= 0.6 is 0 Å². The first-order chi connectivity index (χ1) is 8.16. The van der Waals surface area contributed by atoms with Crippen molar-refractivity contribution < 1.29 is 19.4 Å². The molecule has 0 saturated carbocycles. The van der Waals surface area contributed by atoms with E-state index in [0.29, 0.717) is 18.5 Å². The Kier molecular flexibility index (Phi) is 2.16. The predicted molar refractivity (Wildman–Crippen MR) is 58.5 cm³/mol. The van der Waals surface area contributed by atoms with Crippen LogP contribution in [-0.4, -0.2) is 29.1 Å². The van der Waals surface area contributed by atoms with Crippen LogP contribution < -0.4 is 4.90 Å². The van der Waals surface area contributed by atoms with Gasteiger partial charge in [0.1, 0.15) is 18.0 Å². The smallest absolute Gasteiger partial charge is 0.262 e. The Hall–Kier alpha value is -1.88. The van der Waals surface area contributed by atoms with Crippen LogP contribution in [0, 0.1) is 0 Å². The summed E-state index contributed by atoms with van der Waals surface area (Å²) in [6, 6.07) is 6.12. The number of rotatable bonds is 1. The molecule has 0 aliphatic carbocycles. The number of hydrogen-bond donors (Lipinski definition) is 1. The molecule has 2 bridgehead atoms. The Labute approximate surface area is 97.6 Å². The summed E-state index contributed by atoms with van der Waals surface area (Å²) in [6.45, 7) is 0. The van der Waals surface area contributed by atoms with E-state index in [9.17, 15) is 14.7 Å². The van der Waals surface area contributed by atoms with Gasteiger partial charge in [-0.2, -0.15) is 0 Å². The zero-order chi connectivity index (χ0) is 12.0. The summed E-state index contributed by atoms with van der Waals surface area (Å²) >= 11 is 0. The first-order valence-electron chi connectivity index (χ1n) is 5.49. The molecule has 0 spiro atoms. The van der Waals surface area contributed by atoms with E-state index in [1.807, 2.05) is 0 Å². The minimum absolute atomic E-state index is 0.0296. The van der Waals surface area contributed by atoms with Gasteiger partial charge < -0.3 is 9.84 Å². The Morgan fingerprint density at radius 2 is 1.82 bits per heavy atom. The lowest BCUT2D eigenvalue weighted by atomic mass is 10.2. The fraction of sp³-hybridized carbons (Fsp3) is 0.333. The highest BCUT2D eigenvalue weighted by Crippen LogP contribution is 2.32. The molecule has 0 radical (unpaired) electrons. The van der Waals surface area contributed by atoms with E-state index >= 15 is 0 Å². The number of carbonyl (C=O) groups excluding carboxylic acids is 2. The van der Waals surface area contributed by atoms with Gasteiger partial charge in [-0.05, 0) is 25.0 Å². The summed E-state index contributed by atoms with van der Waals surface area (Å²) < 4.78 is 5.30. The number of ether oxygens (including phenoxy) is 1. The van der Waals surface area contributed by atoms with E-state index in [0.717, 1.165) is 4.90 Å². The molecule has 1 aromatic carbocycles. The van der Waals surface area contributed by atoms with Crippen LogP contribution in [0.2, 0.25) is 0 Å². The van der Waals surface area contributed by atoms with Crippen molar-refractivity contribution in [2.24, 2.45) is 0 Å². The lowest BCUT2D eigenvalue weighted by molar-refractivity contribution is -0.146. The number of imide groups is 1. The van der Waals surface area contributed by atoms with Gasteiger partial charge in [0.2, 0.25) is 0 Å². The van der Waals surface area contributed by atoms with Crippen LogP contribution in [0.3, 0.4) is 0 Å². The first kappa shape index (κ1) is 10.3. The molecule has 0 aromatic heterocycles. The molecule has 2 atom stereocenters. The standard InChI is InChI=1S/C12H11NO4/c14-8-3-1-2-7(6-8)13-11(15)9-4-5-10(17-9)12(13)16/h1-3,6,9-10,14H,4-5H2. The second kappa shape index (κ2) is 3.56. The van der Waals surface area contributed by atoms with Crippen molar-refractivity contribution >= 4 is 17.5 Å². The number of hydrogen-bond acceptors (Lipinski definition) is 4. The molecule has 1 aromatic rings. The summed E-state index contributed by atoms with van der Waals surface area (Å²) in [7, 11) is 0. The number of benzene rings is 1. The third-order valence-electron chi connectivity index (χ3n) is 3.10. The highest BCUT2D eigenvalue weighted by atomic mass is 16.5. The van der Waals surface area contributed by atoms with Gasteiger partial charge in [0, 0.05) is 6.07 Å². The molecular formula is C12H11NO4. The fourth-order valence-electron chi connectivity index (χ4n) is 2.28. The van der Waals surface area contributed by atoms with Crippen LogP contribution in [0.15, 0.2) is 24.3 Å². The van der Waals surface area contributed by atoms with E-state index in [-0.39, 0.29) is 17.6 Å². The van der Waals surface area contributed by atoms with Gasteiger partial charge in [-0.3, -0.25) is 9.59 Å². The van der Waals surface area contributed by atoms with Gasteiger partial charge in [0.05, 0.1) is 5.69 Å². The van der Waals surface area contributed by atoms with Gasteiger partial charge in [-0.25, -0.2) is 4.90 Å². The van der Waals surface area contributed by atoms with Crippen LogP contribution in [0.25, 0.3) is 0 Å². The van der Waals surface area contributed by atoms with Crippen molar-refractivity contribution in [1.82, 2.24) is 0 Å². The van der Waals surface area contributed by atoms with Gasteiger partial charge >= 0.3 is 0 Å². The maximum Gasteiger partial charge on any atom is 0.262 e. The van der Waals surface area contributed by atoms with E-state index in [1.54, 1.807) is 12.1 Å². The van der Waals surface area contributed by atoms with Crippen LogP contribution in [0.4, 0.5) is 5.69 Å². The molecule has 2 fully saturated rings. The lowest BCUT2D eigenvalue weighted by Gasteiger charge is -2.29. The van der Waals surface area contributed by atoms with Crippen molar-refractivity contribution in [2.45, 2.75) is 25.0 Å². The van der Waals surface area contributed by atoms with Crippen LogP contribution in [0.5, 0.6) is 5.75 Å². The van der Waals surface area contributed by atoms with Gasteiger partial charge in [0.25, 0.3) is 11.8 Å². The largest absolute Gasteiger partial charge is 0.508 e. The number of aromatic hydroxyl groups is 1. The minimum atomic E-state index is -0.514. The maximum atomic E-state index is 12.0. The summed E-state index contributed by atoms with van der Waals surface area (Å²) in [5, 5.41) is 9.38. The molecular weight excluding hydrogens is 222 g/mol. The molecule has 1 N–H and O–H groups in total. The molecule has 2 heterocycles. The topological polar surface area (TPSA) is 66.8 Å². The Morgan fingerprint density at radius 3 is 2.41 bits per heavy atom. The molecule has 88 valence electrons. The van der Waals surface area contributed by atoms with Crippen molar-refractivity contribution in [3.63, 3.8) is 0 Å². The molecule has 5 heteroatoms. The average Bonchev–Trinajstić information content (AvgIpc) is 2.74. The van der Waals surface area contributed by atoms with Gasteiger partial charge in [0.15, 0.2) is 0 Å². The maximum absolute atomic E-state index is 12.0. The van der Waals surface area contributed by atoms with Gasteiger partial charge in [-0.15, -0.1) is 0 Å². The monoisotopic (exact) mass is 233 g/mol. The van der Waals surface area contributed by atoms with E-state index in [2.05, 4.69) is 0 Å². The van der Waals surface area contributed by atoms with Crippen molar-refractivity contribution in [1.29, 1.82) is 0 Å². The number of carbonyl (C=O) groups is 2. The molecule has 2 unspecified atom stereocenters. The molecule has 2 saturated heterocycles. The summed E-state index contributed by atoms with van der Waals surface area (Å²) in [5.74, 6) is -0.648. The van der Waals surface area contributed by atoms with Crippen LogP contribution in [0.1, 0.15) is 12.8 Å². The molecule has 2 aliphatic heterocycles. The van der Waals surface area contributed by atoms with E-state index < -0.39 is 12.2 Å². The fourth-order valence-corrected chi connectivity index (χ4v) is 2.28. The van der Waals surface area contributed by atoms with E-state index in [1.165, 1.54) is 12.1 Å². The highest BCUT2D eigenvalue weighted by molar-refractivity contribution is 6.19. The Morgan fingerprint density at radius 1 is 1.18 bits per heavy atom. The predicted octanol–water partition coefficient (Wildman–Crippen LogP) is 0.813. The molecule has 5 nitrogen and oxygen atoms in total. The van der Waals surface area contributed by atoms with Gasteiger partial charge in [-0.1, -0.05) is 6.07 Å². The number of amides is 2. The third-order valence-corrected chi connectivity index (χ3v) is 3.10. The zero-order valence-electron chi connectivity index (χ0n) is 9.00. The third kappa shape index (κ3) is 1.51. The second-order valence-electron chi connectivity index (χ2n) is 4.22. The Bertz CT molecular complexity index is 477. The summed E-state index contributed by atoms with van der Waals surface area (Å²) in [6.07, 6.45) is 0.148. The number of phenols is 1. The average molecular weight is 233 g/mol.